The third kappa shape index (κ3) is 3.44. The summed E-state index contributed by atoms with van der Waals surface area (Å²) in [5, 5.41) is 3.31. The summed E-state index contributed by atoms with van der Waals surface area (Å²) in [6.45, 7) is 1.55. The van der Waals surface area contributed by atoms with Gasteiger partial charge >= 0.3 is 0 Å². The number of hydrogen-bond donors (Lipinski definition) is 1. The first-order valence-corrected chi connectivity index (χ1v) is 9.41. The maximum Gasteiger partial charge on any atom is 0.253 e. The summed E-state index contributed by atoms with van der Waals surface area (Å²) >= 11 is 0. The van der Waals surface area contributed by atoms with Crippen molar-refractivity contribution in [1.82, 2.24) is 14.5 Å². The Labute approximate surface area is 149 Å². The molecule has 0 aromatic heterocycles. The van der Waals surface area contributed by atoms with Crippen LogP contribution in [0.5, 0.6) is 0 Å². The first-order chi connectivity index (χ1) is 10.9. The van der Waals surface area contributed by atoms with Gasteiger partial charge in [0.05, 0.1) is 4.90 Å². The highest BCUT2D eigenvalue weighted by molar-refractivity contribution is 7.89. The van der Waals surface area contributed by atoms with Gasteiger partial charge in [-0.25, -0.2) is 8.42 Å². The van der Waals surface area contributed by atoms with Crippen LogP contribution < -0.4 is 5.32 Å². The Bertz CT molecular complexity index is 694. The number of hydrogen-bond acceptors (Lipinski definition) is 4. The van der Waals surface area contributed by atoms with Crippen molar-refractivity contribution in [3.63, 3.8) is 0 Å². The van der Waals surface area contributed by atoms with Crippen LogP contribution in [0.15, 0.2) is 29.2 Å². The molecule has 2 heterocycles. The van der Waals surface area contributed by atoms with Crippen molar-refractivity contribution >= 4 is 28.3 Å². The van der Waals surface area contributed by atoms with Gasteiger partial charge in [-0.2, -0.15) is 4.31 Å². The highest BCUT2D eigenvalue weighted by Gasteiger charge is 2.43. The van der Waals surface area contributed by atoms with E-state index in [9.17, 15) is 13.2 Å². The lowest BCUT2D eigenvalue weighted by atomic mass is 10.1. The number of nitrogens with zero attached hydrogens (tertiary/aromatic N) is 2. The summed E-state index contributed by atoms with van der Waals surface area (Å²) in [6, 6.07) is 6.45. The molecule has 2 saturated heterocycles. The lowest BCUT2D eigenvalue weighted by Crippen LogP contribution is -2.42. The Balaban J connectivity index is 0.00000208. The van der Waals surface area contributed by atoms with E-state index in [1.54, 1.807) is 36.6 Å². The number of carbonyl (C=O) groups excluding carboxylic acids is 1. The molecule has 0 spiro atoms. The summed E-state index contributed by atoms with van der Waals surface area (Å²) < 4.78 is 27.9. The number of fused-ring (bicyclic) bond motifs is 2. The molecule has 24 heavy (non-hydrogen) atoms. The quantitative estimate of drug-likeness (QED) is 0.867. The molecule has 2 unspecified atom stereocenters. The zero-order chi connectivity index (χ0) is 16.6. The number of sulfonamides is 1. The molecule has 2 bridgehead atoms. The molecule has 2 fully saturated rings. The molecule has 2 atom stereocenters. The van der Waals surface area contributed by atoms with Gasteiger partial charge in [-0.05, 0) is 44.0 Å². The molecule has 6 nitrogen and oxygen atoms in total. The van der Waals surface area contributed by atoms with Gasteiger partial charge in [0.15, 0.2) is 0 Å². The Morgan fingerprint density at radius 2 is 1.92 bits per heavy atom. The van der Waals surface area contributed by atoms with Gasteiger partial charge in [-0.15, -0.1) is 12.4 Å². The molecule has 0 radical (unpaired) electrons. The van der Waals surface area contributed by atoms with Gasteiger partial charge in [0.2, 0.25) is 10.0 Å². The van der Waals surface area contributed by atoms with Gasteiger partial charge in [0.1, 0.15) is 0 Å². The minimum absolute atomic E-state index is 0. The maximum absolute atomic E-state index is 13.1. The van der Waals surface area contributed by atoms with Crippen molar-refractivity contribution in [2.75, 3.05) is 27.2 Å². The average molecular weight is 374 g/mol. The summed E-state index contributed by atoms with van der Waals surface area (Å²) in [6.07, 6.45) is 2.65. The molecule has 2 aliphatic rings. The molecule has 8 heteroatoms. The molecular formula is C16H24ClN3O3S. The van der Waals surface area contributed by atoms with Crippen LogP contribution in [0.3, 0.4) is 0 Å². The fourth-order valence-corrected chi connectivity index (χ4v) is 5.45. The molecule has 2 aliphatic heterocycles. The second kappa shape index (κ2) is 7.39. The van der Waals surface area contributed by atoms with Crippen molar-refractivity contribution in [3.05, 3.63) is 29.8 Å². The fourth-order valence-electron chi connectivity index (χ4n) is 3.50. The number of amides is 1. The van der Waals surface area contributed by atoms with E-state index in [-0.39, 0.29) is 35.3 Å². The van der Waals surface area contributed by atoms with Crippen LogP contribution in [0.4, 0.5) is 0 Å². The summed E-state index contributed by atoms with van der Waals surface area (Å²) in [5.74, 6) is -0.192. The van der Waals surface area contributed by atoms with E-state index < -0.39 is 10.0 Å². The van der Waals surface area contributed by atoms with Crippen molar-refractivity contribution < 1.29 is 13.2 Å². The molecule has 0 aliphatic carbocycles. The van der Waals surface area contributed by atoms with Crippen molar-refractivity contribution in [1.29, 1.82) is 0 Å². The molecule has 1 amide bonds. The van der Waals surface area contributed by atoms with E-state index in [0.717, 1.165) is 25.8 Å². The first kappa shape index (κ1) is 19.2. The van der Waals surface area contributed by atoms with E-state index in [4.69, 9.17) is 0 Å². The lowest BCUT2D eigenvalue weighted by Gasteiger charge is -2.27. The zero-order valence-electron chi connectivity index (χ0n) is 13.9. The van der Waals surface area contributed by atoms with Crippen LogP contribution >= 0.6 is 12.4 Å². The Hall–Kier alpha value is -1.15. The molecule has 1 N–H and O–H groups in total. The van der Waals surface area contributed by atoms with Crippen LogP contribution in [0.2, 0.25) is 0 Å². The van der Waals surface area contributed by atoms with Gasteiger partial charge < -0.3 is 10.2 Å². The van der Waals surface area contributed by atoms with Gasteiger partial charge in [-0.3, -0.25) is 4.79 Å². The van der Waals surface area contributed by atoms with Gasteiger partial charge in [-0.1, -0.05) is 6.07 Å². The second-order valence-corrected chi connectivity index (χ2v) is 8.28. The van der Waals surface area contributed by atoms with Crippen LogP contribution in [0.1, 0.15) is 29.6 Å². The fraction of sp³-hybridized carbons (Fsp3) is 0.562. The predicted octanol–water partition coefficient (Wildman–Crippen LogP) is 1.33. The molecule has 3 rings (SSSR count). The first-order valence-electron chi connectivity index (χ1n) is 7.97. The molecule has 1 aromatic carbocycles. The van der Waals surface area contributed by atoms with Crippen LogP contribution in [0, 0.1) is 0 Å². The van der Waals surface area contributed by atoms with E-state index in [2.05, 4.69) is 5.32 Å². The third-order valence-corrected chi connectivity index (χ3v) is 6.65. The smallest absolute Gasteiger partial charge is 0.253 e. The molecular weight excluding hydrogens is 350 g/mol. The van der Waals surface area contributed by atoms with Crippen molar-refractivity contribution in [3.8, 4) is 0 Å². The van der Waals surface area contributed by atoms with Crippen LogP contribution in [0.25, 0.3) is 0 Å². The molecule has 134 valence electrons. The monoisotopic (exact) mass is 373 g/mol. The zero-order valence-corrected chi connectivity index (χ0v) is 15.6. The summed E-state index contributed by atoms with van der Waals surface area (Å²) in [4.78, 5) is 13.8. The van der Waals surface area contributed by atoms with E-state index in [0.29, 0.717) is 12.1 Å². The number of nitrogens with one attached hydrogen (secondary N) is 1. The third-order valence-electron chi connectivity index (χ3n) is 4.65. The Morgan fingerprint density at radius 1 is 1.21 bits per heavy atom. The van der Waals surface area contributed by atoms with Gasteiger partial charge in [0.25, 0.3) is 5.91 Å². The second-order valence-electron chi connectivity index (χ2n) is 6.44. The van der Waals surface area contributed by atoms with Crippen molar-refractivity contribution in [2.45, 2.75) is 36.2 Å². The predicted molar refractivity (Wildman–Crippen MR) is 95.0 cm³/mol. The number of halogens is 1. The summed E-state index contributed by atoms with van der Waals surface area (Å²) in [7, 11) is -0.266. The van der Waals surface area contributed by atoms with E-state index in [1.807, 2.05) is 0 Å². The topological polar surface area (TPSA) is 69.7 Å². The van der Waals surface area contributed by atoms with E-state index in [1.165, 1.54) is 11.0 Å². The van der Waals surface area contributed by atoms with Crippen LogP contribution in [-0.2, 0) is 10.0 Å². The average Bonchev–Trinajstić information content (AvgIpc) is 2.80. The lowest BCUT2D eigenvalue weighted by molar-refractivity contribution is 0.0827. The molecule has 1 aromatic rings. The molecule has 0 saturated carbocycles. The Kier molecular flexibility index (Phi) is 5.91. The SMILES string of the molecule is CN(C)C(=O)c1cccc(S(=O)(=O)N2C3CCNCC2CC3)c1.Cl. The normalized spacial score (nSPS) is 24.1. The highest BCUT2D eigenvalue weighted by atomic mass is 35.5. The van der Waals surface area contributed by atoms with E-state index >= 15 is 0 Å². The standard InChI is InChI=1S/C16H23N3O3S.ClH/c1-18(2)16(20)12-4-3-5-15(10-12)23(21,22)19-13-6-7-14(19)11-17-9-8-13;/h3-5,10,13-14,17H,6-9,11H2,1-2H3;1H. The minimum atomic E-state index is -3.58. The number of benzene rings is 1. The summed E-state index contributed by atoms with van der Waals surface area (Å²) in [5.41, 5.74) is 0.399. The number of carbonyl (C=O) groups is 1. The van der Waals surface area contributed by atoms with Gasteiger partial charge in [0, 0.05) is 38.3 Å². The Morgan fingerprint density at radius 3 is 2.62 bits per heavy atom. The number of rotatable bonds is 3. The highest BCUT2D eigenvalue weighted by Crippen LogP contribution is 2.33. The largest absolute Gasteiger partial charge is 0.345 e. The van der Waals surface area contributed by atoms with Crippen molar-refractivity contribution in [2.24, 2.45) is 0 Å². The maximum atomic E-state index is 13.1. The van der Waals surface area contributed by atoms with Crippen LogP contribution in [-0.4, -0.2) is 62.8 Å². The minimum Gasteiger partial charge on any atom is -0.345 e.